The van der Waals surface area contributed by atoms with Crippen molar-refractivity contribution in [2.75, 3.05) is 25.2 Å². The molecule has 3 aromatic rings. The summed E-state index contributed by atoms with van der Waals surface area (Å²) in [4.78, 5) is 13.5. The summed E-state index contributed by atoms with van der Waals surface area (Å²) in [6.45, 7) is 6.43. The van der Waals surface area contributed by atoms with Crippen LogP contribution in [0.3, 0.4) is 0 Å². The van der Waals surface area contributed by atoms with Crippen molar-refractivity contribution >= 4 is 23.0 Å². The average molecular weight is 446 g/mol. The van der Waals surface area contributed by atoms with Crippen LogP contribution in [0.1, 0.15) is 25.3 Å². The lowest BCUT2D eigenvalue weighted by Crippen LogP contribution is -2.12. The number of esters is 1. The van der Waals surface area contributed by atoms with Crippen LogP contribution in [0, 0.1) is 0 Å². The van der Waals surface area contributed by atoms with Crippen molar-refractivity contribution in [2.24, 2.45) is 0 Å². The molecule has 0 aromatic heterocycles. The highest BCUT2D eigenvalue weighted by atomic mass is 16.5. The zero-order valence-corrected chi connectivity index (χ0v) is 19.3. The summed E-state index contributed by atoms with van der Waals surface area (Å²) in [5.74, 6) is 1.28. The van der Waals surface area contributed by atoms with Crippen molar-refractivity contribution < 1.29 is 19.0 Å². The summed E-state index contributed by atoms with van der Waals surface area (Å²) in [5.41, 5.74) is 4.40. The van der Waals surface area contributed by atoms with Gasteiger partial charge in [-0.15, -0.1) is 0 Å². The number of carbonyl (C=O) groups is 1. The van der Waals surface area contributed by atoms with E-state index >= 15 is 0 Å². The van der Waals surface area contributed by atoms with Crippen LogP contribution < -0.4 is 14.4 Å². The number of rotatable bonds is 12. The number of para-hydroxylation sites is 1. The van der Waals surface area contributed by atoms with Gasteiger partial charge in [-0.25, -0.2) is 4.79 Å². The number of benzene rings is 3. The lowest BCUT2D eigenvalue weighted by molar-refractivity contribution is -0.137. The Kier molecular flexibility index (Phi) is 8.95. The molecule has 0 saturated carbocycles. The Morgan fingerprint density at radius 2 is 1.55 bits per heavy atom. The lowest BCUT2D eigenvalue weighted by Gasteiger charge is -2.28. The molecule has 5 nitrogen and oxygen atoms in total. The van der Waals surface area contributed by atoms with Gasteiger partial charge in [-0.1, -0.05) is 24.8 Å². The molecule has 0 saturated heterocycles. The Labute approximate surface area is 196 Å². The molecule has 0 aliphatic carbocycles. The smallest absolute Gasteiger partial charge is 0.330 e. The monoisotopic (exact) mass is 445 g/mol. The molecule has 0 amide bonds. The largest absolute Gasteiger partial charge is 0.497 e. The minimum atomic E-state index is -0.378. The highest BCUT2D eigenvalue weighted by Gasteiger charge is 2.16. The highest BCUT2D eigenvalue weighted by Crippen LogP contribution is 2.38. The van der Waals surface area contributed by atoms with Crippen molar-refractivity contribution in [3.63, 3.8) is 0 Å². The molecule has 0 N–H and O–H groups in total. The number of hydrogen-bond acceptors (Lipinski definition) is 5. The van der Waals surface area contributed by atoms with Gasteiger partial charge in [0, 0.05) is 23.1 Å². The van der Waals surface area contributed by atoms with E-state index in [2.05, 4.69) is 60.0 Å². The predicted octanol–water partition coefficient (Wildman–Crippen LogP) is 6.62. The van der Waals surface area contributed by atoms with Gasteiger partial charge in [0.15, 0.2) is 0 Å². The first-order chi connectivity index (χ1) is 16.2. The fourth-order valence-electron chi connectivity index (χ4n) is 3.61. The van der Waals surface area contributed by atoms with Gasteiger partial charge in [-0.2, -0.15) is 0 Å². The molecule has 0 fully saturated rings. The third-order valence-corrected chi connectivity index (χ3v) is 5.22. The second-order valence-electron chi connectivity index (χ2n) is 7.42. The number of methoxy groups -OCH3 is 1. The zero-order chi connectivity index (χ0) is 23.5. The Balaban J connectivity index is 1.88. The molecule has 0 heterocycles. The summed E-state index contributed by atoms with van der Waals surface area (Å²) in [7, 11) is 1.67. The quantitative estimate of drug-likeness (QED) is 0.178. The van der Waals surface area contributed by atoms with Crippen LogP contribution in [0.5, 0.6) is 11.5 Å². The maximum atomic E-state index is 11.2. The van der Waals surface area contributed by atoms with Crippen LogP contribution in [-0.4, -0.2) is 26.3 Å². The van der Waals surface area contributed by atoms with E-state index in [4.69, 9.17) is 14.2 Å². The third-order valence-electron chi connectivity index (χ3n) is 5.22. The summed E-state index contributed by atoms with van der Waals surface area (Å²) in [6, 6.07) is 24.6. The molecule has 3 rings (SSSR count). The summed E-state index contributed by atoms with van der Waals surface area (Å²) < 4.78 is 16.1. The Hall–Kier alpha value is -3.73. The number of hydrogen-bond donors (Lipinski definition) is 0. The summed E-state index contributed by atoms with van der Waals surface area (Å²) in [6.07, 6.45) is 3.75. The van der Waals surface area contributed by atoms with Crippen LogP contribution in [0.2, 0.25) is 0 Å². The van der Waals surface area contributed by atoms with Gasteiger partial charge in [-0.05, 0) is 86.3 Å². The van der Waals surface area contributed by atoms with Gasteiger partial charge in [-0.3, -0.25) is 0 Å². The van der Waals surface area contributed by atoms with E-state index in [9.17, 15) is 4.79 Å². The van der Waals surface area contributed by atoms with Crippen molar-refractivity contribution in [2.45, 2.75) is 26.2 Å². The fourth-order valence-corrected chi connectivity index (χ4v) is 3.61. The molecule has 0 aliphatic heterocycles. The second kappa shape index (κ2) is 12.3. The molecule has 3 aromatic carbocycles. The van der Waals surface area contributed by atoms with E-state index in [1.807, 2.05) is 31.2 Å². The number of aryl methyl sites for hydroxylation is 1. The Bertz CT molecular complexity index is 1030. The number of unbranched alkanes of at least 4 members (excludes halogenated alkanes) is 1. The van der Waals surface area contributed by atoms with E-state index < -0.39 is 0 Å². The SMILES string of the molecule is C=CC(=O)OCCCCc1ccccc1N(c1ccc(OC)cc1)c1ccc(OCC)cc1. The van der Waals surface area contributed by atoms with E-state index in [0.717, 1.165) is 47.8 Å². The van der Waals surface area contributed by atoms with E-state index in [-0.39, 0.29) is 5.97 Å². The maximum absolute atomic E-state index is 11.2. The van der Waals surface area contributed by atoms with Gasteiger partial charge < -0.3 is 19.1 Å². The zero-order valence-electron chi connectivity index (χ0n) is 19.3. The van der Waals surface area contributed by atoms with Gasteiger partial charge in [0.2, 0.25) is 0 Å². The number of nitrogens with zero attached hydrogens (tertiary/aromatic N) is 1. The minimum Gasteiger partial charge on any atom is -0.497 e. The summed E-state index contributed by atoms with van der Waals surface area (Å²) in [5, 5.41) is 0. The van der Waals surface area contributed by atoms with Crippen molar-refractivity contribution in [1.82, 2.24) is 0 Å². The van der Waals surface area contributed by atoms with Crippen LogP contribution >= 0.6 is 0 Å². The molecular weight excluding hydrogens is 414 g/mol. The molecule has 0 bridgehead atoms. The van der Waals surface area contributed by atoms with Crippen LogP contribution in [0.4, 0.5) is 17.1 Å². The number of ether oxygens (including phenoxy) is 3. The topological polar surface area (TPSA) is 48.0 Å². The first-order valence-corrected chi connectivity index (χ1v) is 11.2. The average Bonchev–Trinajstić information content (AvgIpc) is 2.86. The van der Waals surface area contributed by atoms with Crippen LogP contribution in [0.25, 0.3) is 0 Å². The molecular formula is C28H31NO4. The molecule has 0 radical (unpaired) electrons. The van der Waals surface area contributed by atoms with Gasteiger partial charge in [0.1, 0.15) is 11.5 Å². The summed E-state index contributed by atoms with van der Waals surface area (Å²) >= 11 is 0. The molecule has 0 spiro atoms. The molecule has 33 heavy (non-hydrogen) atoms. The normalized spacial score (nSPS) is 10.4. The van der Waals surface area contributed by atoms with E-state index in [0.29, 0.717) is 13.2 Å². The van der Waals surface area contributed by atoms with Gasteiger partial charge >= 0.3 is 5.97 Å². The standard InChI is InChI=1S/C28H31NO4/c1-4-28(30)33-21-9-8-11-22-10-6-7-12-27(22)29(23-13-17-25(31-3)18-14-23)24-15-19-26(20-16-24)32-5-2/h4,6-7,10,12-20H,1,5,8-9,11,21H2,2-3H3. The van der Waals surface area contributed by atoms with Gasteiger partial charge in [0.05, 0.1) is 20.3 Å². The molecule has 172 valence electrons. The highest BCUT2D eigenvalue weighted by molar-refractivity contribution is 5.81. The second-order valence-corrected chi connectivity index (χ2v) is 7.42. The van der Waals surface area contributed by atoms with Crippen molar-refractivity contribution in [1.29, 1.82) is 0 Å². The predicted molar refractivity (Wildman–Crippen MR) is 133 cm³/mol. The Morgan fingerprint density at radius 1 is 0.909 bits per heavy atom. The van der Waals surface area contributed by atoms with Crippen molar-refractivity contribution in [3.8, 4) is 11.5 Å². The first kappa shape index (κ1) is 23.9. The molecule has 0 unspecified atom stereocenters. The van der Waals surface area contributed by atoms with E-state index in [1.54, 1.807) is 7.11 Å². The maximum Gasteiger partial charge on any atom is 0.330 e. The Morgan fingerprint density at radius 3 is 2.15 bits per heavy atom. The van der Waals surface area contributed by atoms with Gasteiger partial charge in [0.25, 0.3) is 0 Å². The third kappa shape index (κ3) is 6.62. The molecule has 0 atom stereocenters. The first-order valence-electron chi connectivity index (χ1n) is 11.2. The van der Waals surface area contributed by atoms with Crippen LogP contribution in [-0.2, 0) is 16.0 Å². The minimum absolute atomic E-state index is 0.378. The van der Waals surface area contributed by atoms with Crippen molar-refractivity contribution in [3.05, 3.63) is 91.0 Å². The van der Waals surface area contributed by atoms with Crippen LogP contribution in [0.15, 0.2) is 85.5 Å². The lowest BCUT2D eigenvalue weighted by atomic mass is 10.0. The van der Waals surface area contributed by atoms with E-state index in [1.165, 1.54) is 11.6 Å². The molecule has 0 aliphatic rings. The molecule has 5 heteroatoms. The number of anilines is 3. The number of carbonyl (C=O) groups excluding carboxylic acids is 1. The fraction of sp³-hybridized carbons (Fsp3) is 0.250.